The number of hydrogen-bond donors (Lipinski definition) is 1. The van der Waals surface area contributed by atoms with Crippen molar-refractivity contribution >= 4 is 24.4 Å². The molecular formula is C20H40OS2. The van der Waals surface area contributed by atoms with Crippen LogP contribution in [0.5, 0.6) is 0 Å². The minimum absolute atomic E-state index is 0.433. The first kappa shape index (κ1) is 23.4. The summed E-state index contributed by atoms with van der Waals surface area (Å²) in [6, 6.07) is 0. The summed E-state index contributed by atoms with van der Waals surface area (Å²) in [5.74, 6) is 3.63. The highest BCUT2D eigenvalue weighted by atomic mass is 32.2. The second-order valence-electron chi connectivity index (χ2n) is 6.72. The van der Waals surface area contributed by atoms with Gasteiger partial charge in [0.05, 0.1) is 6.10 Å². The third-order valence-electron chi connectivity index (χ3n) is 4.69. The lowest BCUT2D eigenvalue weighted by atomic mass is 9.99. The van der Waals surface area contributed by atoms with Crippen molar-refractivity contribution in [2.45, 2.75) is 83.7 Å². The Morgan fingerprint density at radius 1 is 1.13 bits per heavy atom. The lowest BCUT2D eigenvalue weighted by Crippen LogP contribution is -2.04. The van der Waals surface area contributed by atoms with Gasteiger partial charge in [0.25, 0.3) is 0 Å². The van der Waals surface area contributed by atoms with Gasteiger partial charge < -0.3 is 4.74 Å². The second-order valence-corrected chi connectivity index (χ2v) is 7.94. The third-order valence-corrected chi connectivity index (χ3v) is 5.84. The van der Waals surface area contributed by atoms with Crippen LogP contribution in [-0.2, 0) is 4.74 Å². The Morgan fingerprint density at radius 3 is 2.43 bits per heavy atom. The SMILES string of the molecule is C=C1CCC(CCCCCCCSCCCC(C)OC)C1.CS. The predicted octanol–water partition coefficient (Wildman–Crippen LogP) is 6.78. The zero-order valence-electron chi connectivity index (χ0n) is 15.8. The molecule has 2 unspecified atom stereocenters. The van der Waals surface area contributed by atoms with Crippen molar-refractivity contribution in [1.29, 1.82) is 0 Å². The fourth-order valence-corrected chi connectivity index (χ4v) is 4.11. The van der Waals surface area contributed by atoms with Crippen LogP contribution in [0.25, 0.3) is 0 Å². The molecule has 0 aromatic rings. The van der Waals surface area contributed by atoms with Crippen LogP contribution in [0.3, 0.4) is 0 Å². The average Bonchev–Trinajstić information content (AvgIpc) is 2.99. The molecule has 0 aliphatic heterocycles. The van der Waals surface area contributed by atoms with E-state index in [1.54, 1.807) is 13.4 Å². The molecule has 0 aromatic carbocycles. The highest BCUT2D eigenvalue weighted by Gasteiger charge is 2.16. The molecule has 0 saturated heterocycles. The lowest BCUT2D eigenvalue weighted by molar-refractivity contribution is 0.110. The van der Waals surface area contributed by atoms with Crippen LogP contribution in [0, 0.1) is 5.92 Å². The maximum absolute atomic E-state index is 5.26. The number of unbranched alkanes of at least 4 members (excludes halogenated alkanes) is 4. The molecule has 0 heterocycles. The van der Waals surface area contributed by atoms with Crippen LogP contribution in [0.1, 0.15) is 77.6 Å². The van der Waals surface area contributed by atoms with Crippen molar-refractivity contribution in [1.82, 2.24) is 0 Å². The first-order chi connectivity index (χ1) is 11.2. The summed E-state index contributed by atoms with van der Waals surface area (Å²) in [7, 11) is 1.81. The predicted molar refractivity (Wildman–Crippen MR) is 112 cm³/mol. The molecule has 1 fully saturated rings. The number of methoxy groups -OCH3 is 1. The molecule has 0 amide bonds. The molecule has 0 aromatic heterocycles. The van der Waals surface area contributed by atoms with Gasteiger partial charge in [0.2, 0.25) is 0 Å². The van der Waals surface area contributed by atoms with Crippen LogP contribution < -0.4 is 0 Å². The number of thioether (sulfide) groups is 1. The first-order valence-corrected chi connectivity index (χ1v) is 11.5. The normalized spacial score (nSPS) is 18.6. The second kappa shape index (κ2) is 17.2. The van der Waals surface area contributed by atoms with E-state index in [1.807, 2.05) is 0 Å². The van der Waals surface area contributed by atoms with Crippen molar-refractivity contribution in [3.05, 3.63) is 12.2 Å². The summed E-state index contributed by atoms with van der Waals surface area (Å²) < 4.78 is 5.26. The summed E-state index contributed by atoms with van der Waals surface area (Å²) in [4.78, 5) is 0. The average molecular weight is 361 g/mol. The molecule has 2 atom stereocenters. The molecular weight excluding hydrogens is 320 g/mol. The summed E-state index contributed by atoms with van der Waals surface area (Å²) in [6.45, 7) is 6.27. The van der Waals surface area contributed by atoms with Crippen molar-refractivity contribution in [3.8, 4) is 0 Å². The highest BCUT2D eigenvalue weighted by Crippen LogP contribution is 2.32. The van der Waals surface area contributed by atoms with Gasteiger partial charge in [-0.15, -0.1) is 0 Å². The molecule has 1 nitrogen and oxygen atoms in total. The van der Waals surface area contributed by atoms with Gasteiger partial charge in [0.15, 0.2) is 0 Å². The lowest BCUT2D eigenvalue weighted by Gasteiger charge is -2.09. The van der Waals surface area contributed by atoms with E-state index in [-0.39, 0.29) is 0 Å². The number of rotatable bonds is 13. The number of ether oxygens (including phenoxy) is 1. The van der Waals surface area contributed by atoms with Gasteiger partial charge >= 0.3 is 0 Å². The van der Waals surface area contributed by atoms with E-state index < -0.39 is 0 Å². The van der Waals surface area contributed by atoms with Crippen molar-refractivity contribution < 1.29 is 4.74 Å². The summed E-state index contributed by atoms with van der Waals surface area (Å²) in [5, 5.41) is 0. The van der Waals surface area contributed by atoms with E-state index in [1.165, 1.54) is 87.7 Å². The number of allylic oxidation sites excluding steroid dienone is 1. The largest absolute Gasteiger partial charge is 0.382 e. The minimum Gasteiger partial charge on any atom is -0.382 e. The molecule has 1 saturated carbocycles. The molecule has 138 valence electrons. The maximum atomic E-state index is 5.26. The highest BCUT2D eigenvalue weighted by molar-refractivity contribution is 7.99. The van der Waals surface area contributed by atoms with Crippen LogP contribution in [0.2, 0.25) is 0 Å². The first-order valence-electron chi connectivity index (χ1n) is 9.44. The van der Waals surface area contributed by atoms with Crippen LogP contribution in [-0.4, -0.2) is 31.0 Å². The Labute approximate surface area is 155 Å². The quantitative estimate of drug-likeness (QED) is 0.220. The standard InChI is InChI=1S/C19H36OS.CH4S/c1-17-12-13-19(16-17)11-7-5-4-6-8-14-21-15-9-10-18(2)20-3;1-2/h18-19H,1,4-16H2,2-3H3;2H,1H3. The van der Waals surface area contributed by atoms with Gasteiger partial charge in [-0.2, -0.15) is 24.4 Å². The van der Waals surface area contributed by atoms with Gasteiger partial charge in [0.1, 0.15) is 0 Å². The number of thiol groups is 1. The third kappa shape index (κ3) is 14.4. The van der Waals surface area contributed by atoms with Crippen LogP contribution >= 0.6 is 24.4 Å². The topological polar surface area (TPSA) is 9.23 Å². The van der Waals surface area contributed by atoms with Gasteiger partial charge in [-0.1, -0.05) is 44.3 Å². The summed E-state index contributed by atoms with van der Waals surface area (Å²) in [6.07, 6.45) is 17.3. The van der Waals surface area contributed by atoms with Gasteiger partial charge in [0, 0.05) is 7.11 Å². The molecule has 1 aliphatic rings. The summed E-state index contributed by atoms with van der Waals surface area (Å²) >= 11 is 5.65. The Hall–Kier alpha value is 0.400. The zero-order valence-corrected chi connectivity index (χ0v) is 17.5. The molecule has 0 spiro atoms. The fourth-order valence-electron chi connectivity index (χ4n) is 3.13. The van der Waals surface area contributed by atoms with E-state index in [4.69, 9.17) is 4.74 Å². The molecule has 1 aliphatic carbocycles. The maximum Gasteiger partial charge on any atom is 0.0543 e. The smallest absolute Gasteiger partial charge is 0.0543 e. The molecule has 3 heteroatoms. The summed E-state index contributed by atoms with van der Waals surface area (Å²) in [5.41, 5.74) is 1.50. The molecule has 0 N–H and O–H groups in total. The minimum atomic E-state index is 0.433. The van der Waals surface area contributed by atoms with Gasteiger partial charge in [-0.3, -0.25) is 0 Å². The van der Waals surface area contributed by atoms with E-state index in [0.717, 1.165) is 5.92 Å². The van der Waals surface area contributed by atoms with E-state index in [0.29, 0.717) is 6.10 Å². The van der Waals surface area contributed by atoms with Crippen molar-refractivity contribution in [3.63, 3.8) is 0 Å². The van der Waals surface area contributed by atoms with Crippen LogP contribution in [0.15, 0.2) is 12.2 Å². The van der Waals surface area contributed by atoms with Crippen molar-refractivity contribution in [2.75, 3.05) is 24.9 Å². The Balaban J connectivity index is 0.00000232. The fraction of sp³-hybridized carbons (Fsp3) is 0.900. The molecule has 0 radical (unpaired) electrons. The molecule has 1 rings (SSSR count). The van der Waals surface area contributed by atoms with Crippen molar-refractivity contribution in [2.24, 2.45) is 5.92 Å². The van der Waals surface area contributed by atoms with Crippen LogP contribution in [0.4, 0.5) is 0 Å². The molecule has 0 bridgehead atoms. The van der Waals surface area contributed by atoms with E-state index in [2.05, 4.69) is 37.9 Å². The Morgan fingerprint density at radius 2 is 1.78 bits per heavy atom. The number of hydrogen-bond acceptors (Lipinski definition) is 3. The van der Waals surface area contributed by atoms with Gasteiger partial charge in [-0.05, 0) is 69.1 Å². The van der Waals surface area contributed by atoms with Gasteiger partial charge in [-0.25, -0.2) is 0 Å². The monoisotopic (exact) mass is 360 g/mol. The zero-order chi connectivity index (χ0) is 17.3. The van der Waals surface area contributed by atoms with E-state index >= 15 is 0 Å². The Kier molecular flexibility index (Phi) is 17.5. The molecule has 23 heavy (non-hydrogen) atoms. The van der Waals surface area contributed by atoms with E-state index in [9.17, 15) is 0 Å². The Bertz CT molecular complexity index is 268.